The summed E-state index contributed by atoms with van der Waals surface area (Å²) in [6.45, 7) is 4.38. The quantitative estimate of drug-likeness (QED) is 0.576. The first-order chi connectivity index (χ1) is 13.9. The van der Waals surface area contributed by atoms with Gasteiger partial charge in [-0.2, -0.15) is 0 Å². The van der Waals surface area contributed by atoms with Gasteiger partial charge in [-0.05, 0) is 42.9 Å². The molecule has 0 saturated heterocycles. The highest BCUT2D eigenvalue weighted by Crippen LogP contribution is 2.33. The maximum atomic E-state index is 12.7. The number of amides is 2. The average molecular weight is 469 g/mol. The number of hydrogen-bond acceptors (Lipinski definition) is 4. The number of rotatable bonds is 9. The molecular weight excluding hydrogens is 436 g/mol. The highest BCUT2D eigenvalue weighted by molar-refractivity contribution is 9.10. The zero-order chi connectivity index (χ0) is 21.4. The maximum Gasteiger partial charge on any atom is 0.242 e. The van der Waals surface area contributed by atoms with Crippen molar-refractivity contribution in [2.75, 3.05) is 20.8 Å². The van der Waals surface area contributed by atoms with Gasteiger partial charge in [0, 0.05) is 16.9 Å². The van der Waals surface area contributed by atoms with Crippen LogP contribution in [0, 0.1) is 11.8 Å². The van der Waals surface area contributed by atoms with Crippen LogP contribution in [0.2, 0.25) is 0 Å². The lowest BCUT2D eigenvalue weighted by atomic mass is 9.88. The van der Waals surface area contributed by atoms with Crippen molar-refractivity contribution >= 4 is 27.7 Å². The molecule has 1 aromatic rings. The van der Waals surface area contributed by atoms with Crippen molar-refractivity contribution in [1.82, 2.24) is 10.6 Å². The molecule has 0 bridgehead atoms. The molecule has 1 fully saturated rings. The zero-order valence-electron chi connectivity index (χ0n) is 17.8. The molecule has 7 heteroatoms. The minimum atomic E-state index is -0.515. The molecule has 6 nitrogen and oxygen atoms in total. The molecule has 2 N–H and O–H groups in total. The van der Waals surface area contributed by atoms with Crippen LogP contribution in [-0.2, 0) is 16.0 Å². The van der Waals surface area contributed by atoms with Crippen molar-refractivity contribution in [1.29, 1.82) is 0 Å². The number of halogens is 1. The highest BCUT2D eigenvalue weighted by atomic mass is 79.9. The van der Waals surface area contributed by atoms with Gasteiger partial charge in [-0.3, -0.25) is 9.59 Å². The second kappa shape index (κ2) is 11.4. The van der Waals surface area contributed by atoms with Gasteiger partial charge in [0.05, 0.1) is 14.2 Å². The molecule has 0 radical (unpaired) electrons. The SMILES string of the molecule is COc1cc(Br)c(CCNC(=O)C(NC(=O)C2CCCCC2)C(C)C)cc1OC. The first-order valence-corrected chi connectivity index (χ1v) is 11.1. The lowest BCUT2D eigenvalue weighted by Gasteiger charge is -2.26. The van der Waals surface area contributed by atoms with E-state index in [0.29, 0.717) is 24.5 Å². The number of carbonyl (C=O) groups is 2. The summed E-state index contributed by atoms with van der Waals surface area (Å²) in [6, 6.07) is 3.25. The summed E-state index contributed by atoms with van der Waals surface area (Å²) in [7, 11) is 3.19. The molecule has 1 saturated carbocycles. The van der Waals surface area contributed by atoms with Crippen molar-refractivity contribution in [3.05, 3.63) is 22.2 Å². The number of nitrogens with one attached hydrogen (secondary N) is 2. The van der Waals surface area contributed by atoms with Crippen molar-refractivity contribution in [2.45, 2.75) is 58.4 Å². The Hall–Kier alpha value is -1.76. The first kappa shape index (κ1) is 23.5. The fraction of sp³-hybridized carbons (Fsp3) is 0.636. The molecule has 1 unspecified atom stereocenters. The Labute approximate surface area is 182 Å². The summed E-state index contributed by atoms with van der Waals surface area (Å²) in [6.07, 6.45) is 5.86. The Kier molecular flexibility index (Phi) is 9.27. The summed E-state index contributed by atoms with van der Waals surface area (Å²) < 4.78 is 11.5. The van der Waals surface area contributed by atoms with Crippen LogP contribution in [0.15, 0.2) is 16.6 Å². The molecule has 0 spiro atoms. The van der Waals surface area contributed by atoms with Crippen LogP contribution in [0.3, 0.4) is 0 Å². The summed E-state index contributed by atoms with van der Waals surface area (Å²) in [5, 5.41) is 5.95. The van der Waals surface area contributed by atoms with E-state index in [1.807, 2.05) is 26.0 Å². The van der Waals surface area contributed by atoms with Gasteiger partial charge in [-0.15, -0.1) is 0 Å². The number of ether oxygens (including phenoxy) is 2. The van der Waals surface area contributed by atoms with Crippen molar-refractivity contribution in [2.24, 2.45) is 11.8 Å². The van der Waals surface area contributed by atoms with Crippen LogP contribution in [0.4, 0.5) is 0 Å². The molecular formula is C22H33BrN2O4. The Balaban J connectivity index is 1.92. The molecule has 0 aromatic heterocycles. The van der Waals surface area contributed by atoms with Gasteiger partial charge in [0.15, 0.2) is 11.5 Å². The van der Waals surface area contributed by atoms with E-state index in [9.17, 15) is 9.59 Å². The second-order valence-corrected chi connectivity index (χ2v) is 8.76. The molecule has 1 aromatic carbocycles. The average Bonchev–Trinajstić information content (AvgIpc) is 2.72. The van der Waals surface area contributed by atoms with E-state index in [1.54, 1.807) is 14.2 Å². The highest BCUT2D eigenvalue weighted by Gasteiger charge is 2.28. The van der Waals surface area contributed by atoms with Gasteiger partial charge in [-0.25, -0.2) is 0 Å². The molecule has 0 heterocycles. The van der Waals surface area contributed by atoms with Gasteiger partial charge in [-0.1, -0.05) is 49.0 Å². The summed E-state index contributed by atoms with van der Waals surface area (Å²) in [4.78, 5) is 25.3. The standard InChI is InChI=1S/C22H33BrN2O4/c1-14(2)20(25-21(26)15-8-6-5-7-9-15)22(27)24-11-10-16-12-18(28-3)19(29-4)13-17(16)23/h12-15,20H,5-11H2,1-4H3,(H,24,27)(H,25,26). The Morgan fingerprint density at radius 3 is 2.31 bits per heavy atom. The maximum absolute atomic E-state index is 12.7. The van der Waals surface area contributed by atoms with Gasteiger partial charge in [0.1, 0.15) is 6.04 Å². The molecule has 162 valence electrons. The fourth-order valence-electron chi connectivity index (χ4n) is 3.69. The number of hydrogen-bond donors (Lipinski definition) is 2. The number of benzene rings is 1. The van der Waals surface area contributed by atoms with Gasteiger partial charge in [0.2, 0.25) is 11.8 Å². The largest absolute Gasteiger partial charge is 0.493 e. The number of carbonyl (C=O) groups excluding carboxylic acids is 2. The smallest absolute Gasteiger partial charge is 0.242 e. The molecule has 2 rings (SSSR count). The normalized spacial score (nSPS) is 15.7. The molecule has 0 aliphatic heterocycles. The Morgan fingerprint density at radius 1 is 1.10 bits per heavy atom. The third-order valence-corrected chi connectivity index (χ3v) is 6.21. The lowest BCUT2D eigenvalue weighted by molar-refractivity contribution is -0.132. The second-order valence-electron chi connectivity index (χ2n) is 7.90. The molecule has 2 amide bonds. The Morgan fingerprint density at radius 2 is 1.72 bits per heavy atom. The van der Waals surface area contributed by atoms with Crippen LogP contribution in [-0.4, -0.2) is 38.6 Å². The van der Waals surface area contributed by atoms with Crippen molar-refractivity contribution < 1.29 is 19.1 Å². The van der Waals surface area contributed by atoms with Gasteiger partial charge >= 0.3 is 0 Å². The third kappa shape index (κ3) is 6.63. The first-order valence-electron chi connectivity index (χ1n) is 10.4. The van der Waals surface area contributed by atoms with Crippen LogP contribution in [0.1, 0.15) is 51.5 Å². The summed E-state index contributed by atoms with van der Waals surface area (Å²) in [5.41, 5.74) is 1.01. The van der Waals surface area contributed by atoms with Crippen LogP contribution >= 0.6 is 15.9 Å². The van der Waals surface area contributed by atoms with Crippen LogP contribution in [0.25, 0.3) is 0 Å². The molecule has 29 heavy (non-hydrogen) atoms. The summed E-state index contributed by atoms with van der Waals surface area (Å²) in [5.74, 6) is 1.24. The third-order valence-electron chi connectivity index (χ3n) is 5.47. The fourth-order valence-corrected chi connectivity index (χ4v) is 4.21. The van der Waals surface area contributed by atoms with Gasteiger partial charge < -0.3 is 20.1 Å². The van der Waals surface area contributed by atoms with E-state index >= 15 is 0 Å². The predicted octanol–water partition coefficient (Wildman–Crippen LogP) is 3.85. The monoisotopic (exact) mass is 468 g/mol. The molecule has 1 aliphatic carbocycles. The number of methoxy groups -OCH3 is 2. The van der Waals surface area contributed by atoms with E-state index in [0.717, 1.165) is 35.7 Å². The Bertz CT molecular complexity index is 702. The van der Waals surface area contributed by atoms with Crippen molar-refractivity contribution in [3.8, 4) is 11.5 Å². The van der Waals surface area contributed by atoms with E-state index < -0.39 is 6.04 Å². The van der Waals surface area contributed by atoms with Crippen LogP contribution in [0.5, 0.6) is 11.5 Å². The minimum absolute atomic E-state index is 0.0150. The van der Waals surface area contributed by atoms with E-state index in [1.165, 1.54) is 6.42 Å². The van der Waals surface area contributed by atoms with Gasteiger partial charge in [0.25, 0.3) is 0 Å². The molecule has 1 atom stereocenters. The minimum Gasteiger partial charge on any atom is -0.493 e. The van der Waals surface area contributed by atoms with Crippen LogP contribution < -0.4 is 20.1 Å². The van der Waals surface area contributed by atoms with E-state index in [2.05, 4.69) is 26.6 Å². The lowest BCUT2D eigenvalue weighted by Crippen LogP contribution is -2.51. The van der Waals surface area contributed by atoms with E-state index in [-0.39, 0.29) is 23.7 Å². The topological polar surface area (TPSA) is 76.7 Å². The predicted molar refractivity (Wildman–Crippen MR) is 117 cm³/mol. The molecule has 1 aliphatic rings. The van der Waals surface area contributed by atoms with E-state index in [4.69, 9.17) is 9.47 Å². The summed E-state index contributed by atoms with van der Waals surface area (Å²) >= 11 is 3.54. The van der Waals surface area contributed by atoms with Crippen molar-refractivity contribution in [3.63, 3.8) is 0 Å². The zero-order valence-corrected chi connectivity index (χ0v) is 19.4.